The molecule has 5 nitrogen and oxygen atoms in total. The molecule has 3 aliphatic rings. The third kappa shape index (κ3) is 3.68. The van der Waals surface area contributed by atoms with Gasteiger partial charge in [0, 0.05) is 62.1 Å². The van der Waals surface area contributed by atoms with Crippen LogP contribution in [0.3, 0.4) is 0 Å². The SMILES string of the molecule is Fc1cc(NCC2C3CN(Cc4c[nH]c5ccccc45)CC23)ccc1N1CCOCC1. The molecule has 3 fully saturated rings. The van der Waals surface area contributed by atoms with E-state index in [4.69, 9.17) is 4.74 Å². The van der Waals surface area contributed by atoms with Crippen LogP contribution in [0.15, 0.2) is 48.7 Å². The highest BCUT2D eigenvalue weighted by Gasteiger charge is 2.54. The first kappa shape index (κ1) is 19.1. The number of anilines is 2. The zero-order valence-electron chi connectivity index (χ0n) is 17.7. The van der Waals surface area contributed by atoms with Crippen LogP contribution < -0.4 is 10.2 Å². The van der Waals surface area contributed by atoms with Crippen molar-refractivity contribution in [2.45, 2.75) is 6.54 Å². The van der Waals surface area contributed by atoms with Crippen molar-refractivity contribution < 1.29 is 9.13 Å². The predicted molar refractivity (Wildman–Crippen MR) is 122 cm³/mol. The highest BCUT2D eigenvalue weighted by Crippen LogP contribution is 2.52. The van der Waals surface area contributed by atoms with Crippen LogP contribution in [0.4, 0.5) is 15.8 Å². The summed E-state index contributed by atoms with van der Waals surface area (Å²) in [4.78, 5) is 8.03. The second kappa shape index (κ2) is 7.84. The van der Waals surface area contributed by atoms with Gasteiger partial charge in [-0.3, -0.25) is 4.90 Å². The van der Waals surface area contributed by atoms with E-state index in [0.29, 0.717) is 24.8 Å². The van der Waals surface area contributed by atoms with E-state index in [0.717, 1.165) is 43.7 Å². The molecule has 1 aromatic heterocycles. The number of halogens is 1. The Morgan fingerprint density at radius 2 is 1.87 bits per heavy atom. The van der Waals surface area contributed by atoms with Gasteiger partial charge in [-0.25, -0.2) is 4.39 Å². The zero-order valence-corrected chi connectivity index (χ0v) is 17.7. The lowest BCUT2D eigenvalue weighted by atomic mass is 10.1. The van der Waals surface area contributed by atoms with Gasteiger partial charge in [0.15, 0.2) is 0 Å². The Hall–Kier alpha value is -2.57. The van der Waals surface area contributed by atoms with Gasteiger partial charge in [0.05, 0.1) is 18.9 Å². The summed E-state index contributed by atoms with van der Waals surface area (Å²) < 4.78 is 20.0. The maximum atomic E-state index is 14.6. The number of rotatable bonds is 6. The second-order valence-corrected chi connectivity index (χ2v) is 9.19. The lowest BCUT2D eigenvalue weighted by Crippen LogP contribution is -2.36. The van der Waals surface area contributed by atoms with Crippen molar-refractivity contribution >= 4 is 22.3 Å². The molecule has 1 aliphatic carbocycles. The monoisotopic (exact) mass is 420 g/mol. The molecule has 2 saturated heterocycles. The highest BCUT2D eigenvalue weighted by molar-refractivity contribution is 5.82. The van der Waals surface area contributed by atoms with Crippen molar-refractivity contribution in [3.8, 4) is 0 Å². The van der Waals surface area contributed by atoms with E-state index in [-0.39, 0.29) is 5.82 Å². The van der Waals surface area contributed by atoms with Crippen LogP contribution >= 0.6 is 0 Å². The minimum atomic E-state index is -0.146. The summed E-state index contributed by atoms with van der Waals surface area (Å²) >= 11 is 0. The molecule has 0 amide bonds. The van der Waals surface area contributed by atoms with E-state index >= 15 is 0 Å². The number of aromatic nitrogens is 1. The number of nitrogens with zero attached hydrogens (tertiary/aromatic N) is 2. The zero-order chi connectivity index (χ0) is 20.8. The van der Waals surface area contributed by atoms with E-state index < -0.39 is 0 Å². The maximum absolute atomic E-state index is 14.6. The molecule has 2 atom stereocenters. The first-order valence-electron chi connectivity index (χ1n) is 11.4. The van der Waals surface area contributed by atoms with Gasteiger partial charge in [-0.2, -0.15) is 0 Å². The largest absolute Gasteiger partial charge is 0.385 e. The molecule has 0 radical (unpaired) electrons. The average Bonchev–Trinajstić information content (AvgIpc) is 3.12. The highest BCUT2D eigenvalue weighted by atomic mass is 19.1. The van der Waals surface area contributed by atoms with E-state index in [1.54, 1.807) is 6.07 Å². The number of hydrogen-bond acceptors (Lipinski definition) is 4. The number of piperidine rings is 1. The lowest BCUT2D eigenvalue weighted by molar-refractivity contribution is 0.122. The first-order chi connectivity index (χ1) is 15.3. The van der Waals surface area contributed by atoms with Gasteiger partial charge in [0.25, 0.3) is 0 Å². The number of hydrogen-bond donors (Lipinski definition) is 2. The normalized spacial score (nSPS) is 25.7. The number of nitrogens with one attached hydrogen (secondary N) is 2. The molecular weight excluding hydrogens is 391 g/mol. The fourth-order valence-electron chi connectivity index (χ4n) is 5.59. The summed E-state index contributed by atoms with van der Waals surface area (Å²) in [5.41, 5.74) is 4.18. The third-order valence-corrected chi connectivity index (χ3v) is 7.36. The standard InChI is InChI=1S/C25H29FN4O/c26-23-11-18(5-6-25(23)30-7-9-31-10-8-30)27-13-20-21-15-29(16-22(20)21)14-17-12-28-24-4-2-1-3-19(17)24/h1-6,11-12,20-22,27-28H,7-10,13-16H2. The Morgan fingerprint density at radius 3 is 2.68 bits per heavy atom. The molecule has 6 rings (SSSR count). The fourth-order valence-corrected chi connectivity index (χ4v) is 5.59. The molecule has 6 heteroatoms. The van der Waals surface area contributed by atoms with Gasteiger partial charge in [-0.05, 0) is 47.6 Å². The summed E-state index contributed by atoms with van der Waals surface area (Å²) in [7, 11) is 0. The van der Waals surface area contributed by atoms with Crippen LogP contribution in [0.1, 0.15) is 5.56 Å². The number of benzene rings is 2. The summed E-state index contributed by atoms with van der Waals surface area (Å²) in [6.45, 7) is 7.14. The number of para-hydroxylation sites is 1. The average molecular weight is 421 g/mol. The summed E-state index contributed by atoms with van der Waals surface area (Å²) in [5, 5.41) is 4.82. The molecular formula is C25H29FN4O. The lowest BCUT2D eigenvalue weighted by Gasteiger charge is -2.29. The van der Waals surface area contributed by atoms with Crippen molar-refractivity contribution in [3.63, 3.8) is 0 Å². The second-order valence-electron chi connectivity index (χ2n) is 9.19. The van der Waals surface area contributed by atoms with Crippen LogP contribution in [0, 0.1) is 23.6 Å². The van der Waals surface area contributed by atoms with Gasteiger partial charge in [-0.1, -0.05) is 18.2 Å². The quantitative estimate of drug-likeness (QED) is 0.634. The minimum absolute atomic E-state index is 0.146. The van der Waals surface area contributed by atoms with Crippen molar-refractivity contribution in [2.75, 3.05) is 56.2 Å². The smallest absolute Gasteiger partial charge is 0.148 e. The Labute approximate surface area is 182 Å². The van der Waals surface area contributed by atoms with Crippen LogP contribution in [0.2, 0.25) is 0 Å². The van der Waals surface area contributed by atoms with Gasteiger partial charge in [0.1, 0.15) is 5.82 Å². The molecule has 2 aromatic carbocycles. The molecule has 3 heterocycles. The number of likely N-dealkylation sites (tertiary alicyclic amines) is 1. The van der Waals surface area contributed by atoms with Crippen molar-refractivity contribution in [1.82, 2.24) is 9.88 Å². The number of fused-ring (bicyclic) bond motifs is 2. The van der Waals surface area contributed by atoms with E-state index in [2.05, 4.69) is 50.6 Å². The molecule has 0 bridgehead atoms. The molecule has 2 aliphatic heterocycles. The summed E-state index contributed by atoms with van der Waals surface area (Å²) in [6.07, 6.45) is 2.16. The van der Waals surface area contributed by atoms with Crippen LogP contribution in [0.5, 0.6) is 0 Å². The Bertz CT molecular complexity index is 1060. The third-order valence-electron chi connectivity index (χ3n) is 7.36. The van der Waals surface area contributed by atoms with Gasteiger partial charge < -0.3 is 19.9 Å². The van der Waals surface area contributed by atoms with Crippen LogP contribution in [-0.4, -0.2) is 55.8 Å². The summed E-state index contributed by atoms with van der Waals surface area (Å²) in [6, 6.07) is 14.1. The number of H-pyrrole nitrogens is 1. The van der Waals surface area contributed by atoms with Gasteiger partial charge in [-0.15, -0.1) is 0 Å². The molecule has 162 valence electrons. The molecule has 3 aromatic rings. The van der Waals surface area contributed by atoms with Gasteiger partial charge >= 0.3 is 0 Å². The summed E-state index contributed by atoms with van der Waals surface area (Å²) in [5.74, 6) is 2.11. The Balaban J connectivity index is 1.01. The van der Waals surface area contributed by atoms with Crippen LogP contribution in [0.25, 0.3) is 10.9 Å². The Morgan fingerprint density at radius 1 is 1.06 bits per heavy atom. The van der Waals surface area contributed by atoms with Crippen LogP contribution in [-0.2, 0) is 11.3 Å². The number of aromatic amines is 1. The molecule has 2 unspecified atom stereocenters. The molecule has 2 N–H and O–H groups in total. The van der Waals surface area contributed by atoms with Crippen molar-refractivity contribution in [3.05, 3.63) is 60.0 Å². The van der Waals surface area contributed by atoms with Crippen molar-refractivity contribution in [2.24, 2.45) is 17.8 Å². The Kier molecular flexibility index (Phi) is 4.84. The topological polar surface area (TPSA) is 43.5 Å². The van der Waals surface area contributed by atoms with Crippen molar-refractivity contribution in [1.29, 1.82) is 0 Å². The van der Waals surface area contributed by atoms with Gasteiger partial charge in [0.2, 0.25) is 0 Å². The molecule has 31 heavy (non-hydrogen) atoms. The first-order valence-corrected chi connectivity index (χ1v) is 11.4. The van der Waals surface area contributed by atoms with E-state index in [1.165, 1.54) is 29.6 Å². The minimum Gasteiger partial charge on any atom is -0.385 e. The molecule has 1 saturated carbocycles. The van der Waals surface area contributed by atoms with E-state index in [1.807, 2.05) is 12.1 Å². The number of ether oxygens (including phenoxy) is 1. The van der Waals surface area contributed by atoms with E-state index in [9.17, 15) is 4.39 Å². The predicted octanol–water partition coefficient (Wildman–Crippen LogP) is 3.93. The molecule has 0 spiro atoms. The number of morpholine rings is 1. The fraction of sp³-hybridized carbons (Fsp3) is 0.440. The maximum Gasteiger partial charge on any atom is 0.148 e.